The standard InChI is InChI=1S/C16H26N2O3S/c1-14-15(13-19)17-4-3-16(14)22-12-11-20-8-2-5-18-6-9-21-10-7-18/h3-4,19H,2,5-13H2,1H3. The van der Waals surface area contributed by atoms with Crippen LogP contribution in [-0.2, 0) is 16.1 Å². The van der Waals surface area contributed by atoms with Crippen LogP contribution < -0.4 is 0 Å². The first-order chi connectivity index (χ1) is 10.8. The number of hydrogen-bond acceptors (Lipinski definition) is 6. The fourth-order valence-electron chi connectivity index (χ4n) is 2.40. The van der Waals surface area contributed by atoms with E-state index in [1.165, 1.54) is 4.90 Å². The summed E-state index contributed by atoms with van der Waals surface area (Å²) in [5.74, 6) is 0.924. The third kappa shape index (κ3) is 5.85. The highest BCUT2D eigenvalue weighted by molar-refractivity contribution is 7.99. The maximum Gasteiger partial charge on any atom is 0.0856 e. The predicted octanol–water partition coefficient (Wildman–Crippen LogP) is 1.71. The van der Waals surface area contributed by atoms with Gasteiger partial charge in [0.15, 0.2) is 0 Å². The number of ether oxygens (including phenoxy) is 2. The summed E-state index contributed by atoms with van der Waals surface area (Å²) in [6.07, 6.45) is 2.83. The van der Waals surface area contributed by atoms with Gasteiger partial charge in [0.2, 0.25) is 0 Å². The average molecular weight is 326 g/mol. The zero-order valence-electron chi connectivity index (χ0n) is 13.3. The van der Waals surface area contributed by atoms with Gasteiger partial charge in [0.05, 0.1) is 32.1 Å². The fourth-order valence-corrected chi connectivity index (χ4v) is 3.31. The van der Waals surface area contributed by atoms with Gasteiger partial charge in [0.25, 0.3) is 0 Å². The second kappa shape index (κ2) is 10.2. The van der Waals surface area contributed by atoms with Crippen molar-refractivity contribution in [3.63, 3.8) is 0 Å². The first-order valence-corrected chi connectivity index (χ1v) is 8.86. The fraction of sp³-hybridized carbons (Fsp3) is 0.688. The SMILES string of the molecule is Cc1c(SCCOCCCN2CCOCC2)ccnc1CO. The van der Waals surface area contributed by atoms with Crippen LogP contribution in [0, 0.1) is 6.92 Å². The number of hydrogen-bond donors (Lipinski definition) is 1. The van der Waals surface area contributed by atoms with E-state index in [0.717, 1.165) is 69.5 Å². The van der Waals surface area contributed by atoms with Crippen LogP contribution >= 0.6 is 11.8 Å². The van der Waals surface area contributed by atoms with E-state index in [2.05, 4.69) is 9.88 Å². The summed E-state index contributed by atoms with van der Waals surface area (Å²) in [6.45, 7) is 8.48. The Morgan fingerprint density at radius 2 is 2.18 bits per heavy atom. The summed E-state index contributed by atoms with van der Waals surface area (Å²) in [6, 6.07) is 2.00. The van der Waals surface area contributed by atoms with Crippen molar-refractivity contribution in [3.05, 3.63) is 23.5 Å². The van der Waals surface area contributed by atoms with E-state index in [9.17, 15) is 5.11 Å². The molecule has 0 unspecified atom stereocenters. The lowest BCUT2D eigenvalue weighted by molar-refractivity contribution is 0.0326. The molecule has 0 aromatic carbocycles. The van der Waals surface area contributed by atoms with Gasteiger partial charge < -0.3 is 14.6 Å². The lowest BCUT2D eigenvalue weighted by atomic mass is 10.2. The van der Waals surface area contributed by atoms with Gasteiger partial charge in [-0.3, -0.25) is 9.88 Å². The first-order valence-electron chi connectivity index (χ1n) is 7.87. The molecule has 1 fully saturated rings. The lowest BCUT2D eigenvalue weighted by Crippen LogP contribution is -2.37. The normalized spacial score (nSPS) is 16.1. The summed E-state index contributed by atoms with van der Waals surface area (Å²) >= 11 is 1.76. The highest BCUT2D eigenvalue weighted by Crippen LogP contribution is 2.23. The molecule has 0 saturated carbocycles. The molecule has 1 aromatic heterocycles. The molecule has 5 nitrogen and oxygen atoms in total. The van der Waals surface area contributed by atoms with Crippen LogP contribution in [-0.4, -0.2) is 66.8 Å². The van der Waals surface area contributed by atoms with E-state index in [1.54, 1.807) is 18.0 Å². The van der Waals surface area contributed by atoms with Crippen LogP contribution in [0.1, 0.15) is 17.7 Å². The number of rotatable bonds is 9. The molecule has 1 saturated heterocycles. The van der Waals surface area contributed by atoms with Gasteiger partial charge >= 0.3 is 0 Å². The van der Waals surface area contributed by atoms with Crippen molar-refractivity contribution in [2.45, 2.75) is 24.8 Å². The Bertz CT molecular complexity index is 439. The number of morpholine rings is 1. The summed E-state index contributed by atoms with van der Waals surface area (Å²) in [5, 5.41) is 9.21. The number of aromatic nitrogens is 1. The average Bonchev–Trinajstić information content (AvgIpc) is 2.56. The Hall–Kier alpha value is -0.660. The van der Waals surface area contributed by atoms with Crippen molar-refractivity contribution < 1.29 is 14.6 Å². The monoisotopic (exact) mass is 326 g/mol. The van der Waals surface area contributed by atoms with E-state index in [1.807, 2.05) is 13.0 Å². The van der Waals surface area contributed by atoms with E-state index in [0.29, 0.717) is 0 Å². The summed E-state index contributed by atoms with van der Waals surface area (Å²) in [4.78, 5) is 7.77. The molecule has 0 amide bonds. The minimum absolute atomic E-state index is 0.00171. The smallest absolute Gasteiger partial charge is 0.0856 e. The number of aliphatic hydroxyl groups is 1. The Balaban J connectivity index is 1.54. The van der Waals surface area contributed by atoms with Crippen molar-refractivity contribution in [2.75, 3.05) is 51.8 Å². The van der Waals surface area contributed by atoms with Crippen LogP contribution in [0.3, 0.4) is 0 Å². The Morgan fingerprint density at radius 3 is 2.95 bits per heavy atom. The van der Waals surface area contributed by atoms with Gasteiger partial charge in [-0.05, 0) is 25.0 Å². The minimum atomic E-state index is -0.00171. The van der Waals surface area contributed by atoms with Crippen LogP contribution in [0.5, 0.6) is 0 Å². The second-order valence-corrected chi connectivity index (χ2v) is 6.44. The molecule has 1 N–H and O–H groups in total. The zero-order valence-corrected chi connectivity index (χ0v) is 14.1. The largest absolute Gasteiger partial charge is 0.390 e. The van der Waals surface area contributed by atoms with Crippen molar-refractivity contribution >= 4 is 11.8 Å². The third-order valence-corrected chi connectivity index (χ3v) is 4.88. The Kier molecular flexibility index (Phi) is 8.18. The molecule has 22 heavy (non-hydrogen) atoms. The van der Waals surface area contributed by atoms with Crippen LogP contribution in [0.2, 0.25) is 0 Å². The summed E-state index contributed by atoms with van der Waals surface area (Å²) < 4.78 is 11.0. The van der Waals surface area contributed by atoms with Gasteiger partial charge in [-0.15, -0.1) is 11.8 Å². The lowest BCUT2D eigenvalue weighted by Gasteiger charge is -2.26. The molecule has 1 aromatic rings. The molecule has 2 heterocycles. The van der Waals surface area contributed by atoms with Crippen LogP contribution in [0.15, 0.2) is 17.2 Å². The molecule has 0 bridgehead atoms. The molecule has 124 valence electrons. The van der Waals surface area contributed by atoms with Crippen molar-refractivity contribution in [3.8, 4) is 0 Å². The molecule has 6 heteroatoms. The Labute approximate surface area is 137 Å². The van der Waals surface area contributed by atoms with Gasteiger partial charge in [0, 0.05) is 43.1 Å². The summed E-state index contributed by atoms with van der Waals surface area (Å²) in [5.41, 5.74) is 1.83. The van der Waals surface area contributed by atoms with Crippen molar-refractivity contribution in [2.24, 2.45) is 0 Å². The molecule has 2 rings (SSSR count). The molecular weight excluding hydrogens is 300 g/mol. The second-order valence-electron chi connectivity index (χ2n) is 5.31. The van der Waals surface area contributed by atoms with Gasteiger partial charge in [0.1, 0.15) is 0 Å². The highest BCUT2D eigenvalue weighted by Gasteiger charge is 2.09. The quantitative estimate of drug-likeness (QED) is 0.551. The molecular formula is C16H26N2O3S. The maximum absolute atomic E-state index is 9.21. The zero-order chi connectivity index (χ0) is 15.6. The van der Waals surface area contributed by atoms with Gasteiger partial charge in [-0.2, -0.15) is 0 Å². The molecule has 0 atom stereocenters. The van der Waals surface area contributed by atoms with E-state index >= 15 is 0 Å². The molecule has 0 aliphatic carbocycles. The Morgan fingerprint density at radius 1 is 1.36 bits per heavy atom. The third-order valence-electron chi connectivity index (χ3n) is 3.76. The van der Waals surface area contributed by atoms with Crippen LogP contribution in [0.25, 0.3) is 0 Å². The molecule has 1 aliphatic rings. The highest BCUT2D eigenvalue weighted by atomic mass is 32.2. The molecule has 0 spiro atoms. The van der Waals surface area contributed by atoms with Crippen molar-refractivity contribution in [1.29, 1.82) is 0 Å². The van der Waals surface area contributed by atoms with Crippen LogP contribution in [0.4, 0.5) is 0 Å². The van der Waals surface area contributed by atoms with Gasteiger partial charge in [-0.1, -0.05) is 0 Å². The van der Waals surface area contributed by atoms with Crippen molar-refractivity contribution in [1.82, 2.24) is 9.88 Å². The van der Waals surface area contributed by atoms with E-state index in [-0.39, 0.29) is 6.61 Å². The first kappa shape index (κ1) is 17.7. The van der Waals surface area contributed by atoms with E-state index in [4.69, 9.17) is 9.47 Å². The molecule has 1 aliphatic heterocycles. The number of pyridine rings is 1. The van der Waals surface area contributed by atoms with E-state index < -0.39 is 0 Å². The predicted molar refractivity (Wildman–Crippen MR) is 88.3 cm³/mol. The molecule has 0 radical (unpaired) electrons. The maximum atomic E-state index is 9.21. The number of nitrogens with zero attached hydrogens (tertiary/aromatic N) is 2. The number of thioether (sulfide) groups is 1. The minimum Gasteiger partial charge on any atom is -0.390 e. The summed E-state index contributed by atoms with van der Waals surface area (Å²) in [7, 11) is 0. The van der Waals surface area contributed by atoms with Gasteiger partial charge in [-0.25, -0.2) is 0 Å². The number of aliphatic hydroxyl groups excluding tert-OH is 1. The topological polar surface area (TPSA) is 54.8 Å².